The molecule has 2 atom stereocenters. The number of rotatable bonds is 2. The van der Waals surface area contributed by atoms with Gasteiger partial charge in [-0.1, -0.05) is 6.92 Å². The Morgan fingerprint density at radius 1 is 1.64 bits per heavy atom. The van der Waals surface area contributed by atoms with Gasteiger partial charge in [0.15, 0.2) is 0 Å². The van der Waals surface area contributed by atoms with Gasteiger partial charge in [-0.05, 0) is 38.3 Å². The molecule has 1 fully saturated rings. The Morgan fingerprint density at radius 2 is 2.50 bits per heavy atom. The molecule has 1 aromatic rings. The molecule has 0 amide bonds. The van der Waals surface area contributed by atoms with E-state index < -0.39 is 0 Å². The molecule has 2 heterocycles. The van der Waals surface area contributed by atoms with Crippen molar-refractivity contribution in [3.63, 3.8) is 0 Å². The summed E-state index contributed by atoms with van der Waals surface area (Å²) >= 11 is 0. The van der Waals surface area contributed by atoms with Crippen LogP contribution in [0.3, 0.4) is 0 Å². The number of piperidine rings is 1. The van der Waals surface area contributed by atoms with E-state index in [1.54, 1.807) is 0 Å². The van der Waals surface area contributed by atoms with Crippen molar-refractivity contribution in [2.75, 3.05) is 6.54 Å². The molecule has 1 aromatic heterocycles. The van der Waals surface area contributed by atoms with E-state index in [9.17, 15) is 0 Å². The summed E-state index contributed by atoms with van der Waals surface area (Å²) in [6.45, 7) is 6.57. The molecule has 0 aromatic carbocycles. The van der Waals surface area contributed by atoms with E-state index in [2.05, 4.69) is 35.0 Å². The van der Waals surface area contributed by atoms with Gasteiger partial charge in [0.2, 0.25) is 0 Å². The van der Waals surface area contributed by atoms with E-state index in [4.69, 9.17) is 0 Å². The molecule has 14 heavy (non-hydrogen) atoms. The maximum atomic E-state index is 4.32. The van der Waals surface area contributed by atoms with E-state index in [1.807, 2.05) is 6.20 Å². The molecule has 0 aliphatic carbocycles. The third-order valence-corrected chi connectivity index (χ3v) is 3.14. The van der Waals surface area contributed by atoms with Crippen LogP contribution in [0.15, 0.2) is 12.3 Å². The van der Waals surface area contributed by atoms with Crippen molar-refractivity contribution in [3.8, 4) is 0 Å². The molecule has 3 nitrogen and oxygen atoms in total. The fraction of sp³-hybridized carbons (Fsp3) is 0.727. The molecule has 0 bridgehead atoms. The lowest BCUT2D eigenvalue weighted by atomic mass is 9.90. The second kappa shape index (κ2) is 4.13. The van der Waals surface area contributed by atoms with Crippen molar-refractivity contribution in [2.24, 2.45) is 5.92 Å². The van der Waals surface area contributed by atoms with Crippen LogP contribution in [0.25, 0.3) is 0 Å². The Kier molecular flexibility index (Phi) is 2.87. The maximum Gasteiger partial charge on any atom is 0.0556 e. The summed E-state index contributed by atoms with van der Waals surface area (Å²) in [6.07, 6.45) is 4.53. The van der Waals surface area contributed by atoms with Gasteiger partial charge in [-0.15, -0.1) is 0 Å². The second-order valence-electron chi connectivity index (χ2n) is 4.12. The maximum absolute atomic E-state index is 4.32. The number of aromatic nitrogens is 2. The number of hydrogen-bond acceptors (Lipinski definition) is 2. The smallest absolute Gasteiger partial charge is 0.0556 e. The van der Waals surface area contributed by atoms with E-state index in [0.29, 0.717) is 6.04 Å². The summed E-state index contributed by atoms with van der Waals surface area (Å²) in [4.78, 5) is 0. The fourth-order valence-corrected chi connectivity index (χ4v) is 2.32. The molecule has 2 unspecified atom stereocenters. The van der Waals surface area contributed by atoms with Crippen LogP contribution < -0.4 is 5.32 Å². The average molecular weight is 193 g/mol. The summed E-state index contributed by atoms with van der Waals surface area (Å²) in [7, 11) is 0. The fourth-order valence-electron chi connectivity index (χ4n) is 2.32. The van der Waals surface area contributed by atoms with Crippen LogP contribution in [-0.4, -0.2) is 16.3 Å². The first-order chi connectivity index (χ1) is 6.83. The molecule has 1 saturated heterocycles. The molecular formula is C11H19N3. The molecule has 1 N–H and O–H groups in total. The standard InChI is InChI=1S/C11H19N3/c1-3-14-10(6-8-13-14)11-9(2)5-4-7-12-11/h6,8-9,11-12H,3-5,7H2,1-2H3. The van der Waals surface area contributed by atoms with E-state index >= 15 is 0 Å². The van der Waals surface area contributed by atoms with Crippen LogP contribution >= 0.6 is 0 Å². The first-order valence-electron chi connectivity index (χ1n) is 5.58. The van der Waals surface area contributed by atoms with Crippen LogP contribution in [0.1, 0.15) is 38.4 Å². The number of aryl methyl sites for hydroxylation is 1. The Labute approximate surface area is 85.5 Å². The largest absolute Gasteiger partial charge is 0.308 e. The molecule has 0 spiro atoms. The normalized spacial score (nSPS) is 27.9. The average Bonchev–Trinajstić information content (AvgIpc) is 2.66. The number of hydrogen-bond donors (Lipinski definition) is 1. The van der Waals surface area contributed by atoms with Crippen molar-refractivity contribution < 1.29 is 0 Å². The summed E-state index contributed by atoms with van der Waals surface area (Å²) in [6, 6.07) is 2.65. The van der Waals surface area contributed by atoms with E-state index in [-0.39, 0.29) is 0 Å². The highest BCUT2D eigenvalue weighted by Gasteiger charge is 2.24. The van der Waals surface area contributed by atoms with Crippen molar-refractivity contribution in [1.29, 1.82) is 0 Å². The molecule has 2 rings (SSSR count). The van der Waals surface area contributed by atoms with E-state index in [1.165, 1.54) is 18.5 Å². The van der Waals surface area contributed by atoms with Gasteiger partial charge in [0, 0.05) is 12.7 Å². The zero-order chi connectivity index (χ0) is 9.97. The predicted octanol–water partition coefficient (Wildman–Crippen LogP) is 1.96. The van der Waals surface area contributed by atoms with Crippen LogP contribution in [0, 0.1) is 5.92 Å². The highest BCUT2D eigenvalue weighted by Crippen LogP contribution is 2.28. The molecule has 1 aliphatic heterocycles. The van der Waals surface area contributed by atoms with Crippen LogP contribution in [0.4, 0.5) is 0 Å². The highest BCUT2D eigenvalue weighted by molar-refractivity contribution is 5.09. The highest BCUT2D eigenvalue weighted by atomic mass is 15.3. The molecule has 0 saturated carbocycles. The minimum absolute atomic E-state index is 0.506. The molecular weight excluding hydrogens is 174 g/mol. The summed E-state index contributed by atoms with van der Waals surface area (Å²) < 4.78 is 2.10. The molecule has 3 heteroatoms. The second-order valence-corrected chi connectivity index (χ2v) is 4.12. The van der Waals surface area contributed by atoms with Gasteiger partial charge in [-0.2, -0.15) is 5.10 Å². The monoisotopic (exact) mass is 193 g/mol. The molecule has 78 valence electrons. The lowest BCUT2D eigenvalue weighted by Crippen LogP contribution is -2.34. The zero-order valence-electron chi connectivity index (χ0n) is 9.03. The molecule has 0 radical (unpaired) electrons. The summed E-state index contributed by atoms with van der Waals surface area (Å²) in [5, 5.41) is 7.91. The SMILES string of the molecule is CCn1nccc1C1NCCCC1C. The van der Waals surface area contributed by atoms with Gasteiger partial charge in [-0.25, -0.2) is 0 Å². The van der Waals surface area contributed by atoms with Crippen molar-refractivity contribution in [3.05, 3.63) is 18.0 Å². The Hall–Kier alpha value is -0.830. The Bertz CT molecular complexity index is 292. The van der Waals surface area contributed by atoms with Gasteiger partial charge in [0.1, 0.15) is 0 Å². The summed E-state index contributed by atoms with van der Waals surface area (Å²) in [5.74, 6) is 0.728. The quantitative estimate of drug-likeness (QED) is 0.778. The Morgan fingerprint density at radius 3 is 3.21 bits per heavy atom. The van der Waals surface area contributed by atoms with Crippen molar-refractivity contribution in [2.45, 2.75) is 39.3 Å². The van der Waals surface area contributed by atoms with Crippen molar-refractivity contribution in [1.82, 2.24) is 15.1 Å². The molecule has 1 aliphatic rings. The van der Waals surface area contributed by atoms with Gasteiger partial charge >= 0.3 is 0 Å². The third kappa shape index (κ3) is 1.69. The number of nitrogens with one attached hydrogen (secondary N) is 1. The van der Waals surface area contributed by atoms with E-state index in [0.717, 1.165) is 19.0 Å². The van der Waals surface area contributed by atoms with Crippen LogP contribution in [-0.2, 0) is 6.54 Å². The van der Waals surface area contributed by atoms with Crippen LogP contribution in [0.2, 0.25) is 0 Å². The lowest BCUT2D eigenvalue weighted by Gasteiger charge is -2.30. The topological polar surface area (TPSA) is 29.9 Å². The lowest BCUT2D eigenvalue weighted by molar-refractivity contribution is 0.291. The first-order valence-corrected chi connectivity index (χ1v) is 5.58. The Balaban J connectivity index is 2.20. The predicted molar refractivity (Wildman–Crippen MR) is 57.0 cm³/mol. The van der Waals surface area contributed by atoms with Crippen molar-refractivity contribution >= 4 is 0 Å². The van der Waals surface area contributed by atoms with Gasteiger partial charge in [0.05, 0.1) is 11.7 Å². The van der Waals surface area contributed by atoms with Gasteiger partial charge in [-0.3, -0.25) is 4.68 Å². The minimum Gasteiger partial charge on any atom is -0.308 e. The number of nitrogens with zero attached hydrogens (tertiary/aromatic N) is 2. The van der Waals surface area contributed by atoms with Gasteiger partial charge in [0.25, 0.3) is 0 Å². The van der Waals surface area contributed by atoms with Crippen LogP contribution in [0.5, 0.6) is 0 Å². The zero-order valence-corrected chi connectivity index (χ0v) is 9.03. The first kappa shape index (κ1) is 9.71. The minimum atomic E-state index is 0.506. The summed E-state index contributed by atoms with van der Waals surface area (Å²) in [5.41, 5.74) is 1.35. The third-order valence-electron chi connectivity index (χ3n) is 3.14. The van der Waals surface area contributed by atoms with Gasteiger partial charge < -0.3 is 5.32 Å².